The van der Waals surface area contributed by atoms with E-state index >= 15 is 0 Å². The summed E-state index contributed by atoms with van der Waals surface area (Å²) in [5, 5.41) is 3.03. The van der Waals surface area contributed by atoms with Crippen molar-refractivity contribution in [1.82, 2.24) is 14.6 Å². The fourth-order valence-corrected chi connectivity index (χ4v) is 5.77. The van der Waals surface area contributed by atoms with Gasteiger partial charge in [-0.3, -0.25) is 9.78 Å². The van der Waals surface area contributed by atoms with E-state index in [0.717, 1.165) is 24.8 Å². The maximum Gasteiger partial charge on any atom is 0.225 e. The SMILES string of the molecule is CCCS(=O)(=O)N1C[C@H](C(=O)NCCc2ccncc2)C2(CCOCC2)C1. The third-order valence-corrected chi connectivity index (χ3v) is 7.73. The molecule has 1 aromatic heterocycles. The van der Waals surface area contributed by atoms with Crippen molar-refractivity contribution in [3.05, 3.63) is 30.1 Å². The molecule has 0 aliphatic carbocycles. The lowest BCUT2D eigenvalue weighted by Crippen LogP contribution is -2.44. The Hall–Kier alpha value is -1.51. The van der Waals surface area contributed by atoms with E-state index in [2.05, 4.69) is 10.3 Å². The highest BCUT2D eigenvalue weighted by atomic mass is 32.2. The van der Waals surface area contributed by atoms with E-state index in [1.54, 1.807) is 12.4 Å². The third-order valence-electron chi connectivity index (χ3n) is 5.74. The second-order valence-corrected chi connectivity index (χ2v) is 9.62. The number of nitrogens with zero attached hydrogens (tertiary/aromatic N) is 2. The molecule has 150 valence electrons. The van der Waals surface area contributed by atoms with Gasteiger partial charge in [0.2, 0.25) is 15.9 Å². The van der Waals surface area contributed by atoms with E-state index < -0.39 is 10.0 Å². The Bertz CT molecular complexity index is 733. The van der Waals surface area contributed by atoms with E-state index in [0.29, 0.717) is 32.7 Å². The molecule has 7 nitrogen and oxygen atoms in total. The van der Waals surface area contributed by atoms with Crippen LogP contribution in [0.3, 0.4) is 0 Å². The first kappa shape index (κ1) is 20.2. The molecule has 27 heavy (non-hydrogen) atoms. The van der Waals surface area contributed by atoms with Gasteiger partial charge in [0, 0.05) is 50.7 Å². The second-order valence-electron chi connectivity index (χ2n) is 7.53. The normalized spacial score (nSPS) is 22.8. The summed E-state index contributed by atoms with van der Waals surface area (Å²) < 4.78 is 32.2. The third kappa shape index (κ3) is 4.67. The van der Waals surface area contributed by atoms with Crippen molar-refractivity contribution < 1.29 is 17.9 Å². The summed E-state index contributed by atoms with van der Waals surface area (Å²) in [6.45, 7) is 4.28. The van der Waals surface area contributed by atoms with Crippen LogP contribution in [0.1, 0.15) is 31.7 Å². The molecule has 0 radical (unpaired) electrons. The van der Waals surface area contributed by atoms with Gasteiger partial charge in [-0.25, -0.2) is 12.7 Å². The van der Waals surface area contributed by atoms with Gasteiger partial charge in [0.25, 0.3) is 0 Å². The first-order valence-electron chi connectivity index (χ1n) is 9.69. The maximum atomic E-state index is 13.0. The number of amides is 1. The van der Waals surface area contributed by atoms with Crippen molar-refractivity contribution in [2.45, 2.75) is 32.6 Å². The van der Waals surface area contributed by atoms with Crippen molar-refractivity contribution in [2.24, 2.45) is 11.3 Å². The predicted molar refractivity (Wildman–Crippen MR) is 103 cm³/mol. The van der Waals surface area contributed by atoms with Gasteiger partial charge in [-0.15, -0.1) is 0 Å². The van der Waals surface area contributed by atoms with Gasteiger partial charge in [-0.05, 0) is 43.4 Å². The summed E-state index contributed by atoms with van der Waals surface area (Å²) in [4.78, 5) is 16.9. The van der Waals surface area contributed by atoms with Gasteiger partial charge >= 0.3 is 0 Å². The van der Waals surface area contributed by atoms with Crippen LogP contribution in [0.2, 0.25) is 0 Å². The molecule has 1 spiro atoms. The van der Waals surface area contributed by atoms with Crippen LogP contribution in [0.25, 0.3) is 0 Å². The highest BCUT2D eigenvalue weighted by Gasteiger charge is 2.52. The van der Waals surface area contributed by atoms with Crippen LogP contribution in [0, 0.1) is 11.3 Å². The molecular weight excluding hydrogens is 366 g/mol. The van der Waals surface area contributed by atoms with Crippen molar-refractivity contribution in [3.63, 3.8) is 0 Å². The number of aromatic nitrogens is 1. The lowest BCUT2D eigenvalue weighted by Gasteiger charge is -2.37. The summed E-state index contributed by atoms with van der Waals surface area (Å²) in [5.74, 6) is -0.221. The van der Waals surface area contributed by atoms with Crippen LogP contribution in [0.4, 0.5) is 0 Å². The van der Waals surface area contributed by atoms with Crippen molar-refractivity contribution >= 4 is 15.9 Å². The fraction of sp³-hybridized carbons (Fsp3) is 0.684. The highest BCUT2D eigenvalue weighted by molar-refractivity contribution is 7.89. The first-order valence-corrected chi connectivity index (χ1v) is 11.3. The number of sulfonamides is 1. The zero-order valence-corrected chi connectivity index (χ0v) is 16.7. The van der Waals surface area contributed by atoms with Crippen molar-refractivity contribution in [1.29, 1.82) is 0 Å². The van der Waals surface area contributed by atoms with E-state index in [9.17, 15) is 13.2 Å². The highest BCUT2D eigenvalue weighted by Crippen LogP contribution is 2.45. The van der Waals surface area contributed by atoms with E-state index in [-0.39, 0.29) is 29.5 Å². The molecule has 0 saturated carbocycles. The minimum atomic E-state index is -3.31. The predicted octanol–water partition coefficient (Wildman–Crippen LogP) is 1.21. The average Bonchev–Trinajstić information content (AvgIpc) is 3.03. The average molecular weight is 396 g/mol. The first-order chi connectivity index (χ1) is 13.0. The monoisotopic (exact) mass is 395 g/mol. The van der Waals surface area contributed by atoms with Gasteiger partial charge < -0.3 is 10.1 Å². The maximum absolute atomic E-state index is 13.0. The molecular formula is C19H29N3O4S. The molecule has 1 N–H and O–H groups in total. The van der Waals surface area contributed by atoms with E-state index in [1.807, 2.05) is 19.1 Å². The number of ether oxygens (including phenoxy) is 1. The Morgan fingerprint density at radius 1 is 1.33 bits per heavy atom. The molecule has 8 heteroatoms. The smallest absolute Gasteiger partial charge is 0.225 e. The van der Waals surface area contributed by atoms with Gasteiger partial charge in [-0.2, -0.15) is 0 Å². The number of rotatable bonds is 7. The molecule has 0 unspecified atom stereocenters. The molecule has 2 saturated heterocycles. The number of carbonyl (C=O) groups is 1. The molecule has 1 atom stereocenters. The molecule has 1 amide bonds. The number of hydrogen-bond donors (Lipinski definition) is 1. The molecule has 0 aromatic carbocycles. The molecule has 2 fully saturated rings. The second kappa shape index (κ2) is 8.67. The molecule has 3 heterocycles. The van der Waals surface area contributed by atoms with Crippen LogP contribution in [-0.2, 0) is 26.0 Å². The Morgan fingerprint density at radius 3 is 2.70 bits per heavy atom. The Morgan fingerprint density at radius 2 is 2.04 bits per heavy atom. The van der Waals surface area contributed by atoms with Gasteiger partial charge in [0.15, 0.2) is 0 Å². The molecule has 3 rings (SSSR count). The van der Waals surface area contributed by atoms with Gasteiger partial charge in [0.05, 0.1) is 11.7 Å². The van der Waals surface area contributed by atoms with Crippen LogP contribution in [0.5, 0.6) is 0 Å². The van der Waals surface area contributed by atoms with E-state index in [1.165, 1.54) is 4.31 Å². The summed E-state index contributed by atoms with van der Waals surface area (Å²) in [6, 6.07) is 3.86. The summed E-state index contributed by atoms with van der Waals surface area (Å²) in [7, 11) is -3.31. The summed E-state index contributed by atoms with van der Waals surface area (Å²) in [5.41, 5.74) is 0.810. The van der Waals surface area contributed by atoms with Crippen molar-refractivity contribution in [2.75, 3.05) is 38.6 Å². The summed E-state index contributed by atoms with van der Waals surface area (Å²) >= 11 is 0. The zero-order chi connectivity index (χ0) is 19.3. The number of nitrogens with one attached hydrogen (secondary N) is 1. The Labute approximate surface area is 161 Å². The minimum absolute atomic E-state index is 0.0415. The molecule has 0 bridgehead atoms. The quantitative estimate of drug-likeness (QED) is 0.750. The number of pyridine rings is 1. The van der Waals surface area contributed by atoms with Crippen molar-refractivity contribution in [3.8, 4) is 0 Å². The number of hydrogen-bond acceptors (Lipinski definition) is 5. The van der Waals surface area contributed by atoms with Gasteiger partial charge in [-0.1, -0.05) is 6.92 Å². The molecule has 2 aliphatic rings. The van der Waals surface area contributed by atoms with Crippen LogP contribution in [-0.4, -0.2) is 62.2 Å². The van der Waals surface area contributed by atoms with Crippen LogP contribution in [0.15, 0.2) is 24.5 Å². The minimum Gasteiger partial charge on any atom is -0.381 e. The van der Waals surface area contributed by atoms with Crippen LogP contribution < -0.4 is 5.32 Å². The number of carbonyl (C=O) groups excluding carboxylic acids is 1. The molecule has 1 aromatic rings. The van der Waals surface area contributed by atoms with Gasteiger partial charge in [0.1, 0.15) is 0 Å². The lowest BCUT2D eigenvalue weighted by atomic mass is 9.72. The summed E-state index contributed by atoms with van der Waals surface area (Å²) in [6.07, 6.45) is 6.25. The zero-order valence-electron chi connectivity index (χ0n) is 15.9. The largest absolute Gasteiger partial charge is 0.381 e. The van der Waals surface area contributed by atoms with E-state index in [4.69, 9.17) is 4.74 Å². The van der Waals surface area contributed by atoms with Crippen LogP contribution >= 0.6 is 0 Å². The Kier molecular flexibility index (Phi) is 6.49. The fourth-order valence-electron chi connectivity index (χ4n) is 4.17. The lowest BCUT2D eigenvalue weighted by molar-refractivity contribution is -0.129. The topological polar surface area (TPSA) is 88.6 Å². The molecule has 2 aliphatic heterocycles. The Balaban J connectivity index is 1.67. The standard InChI is InChI=1S/C19H29N3O4S/c1-2-13-27(24,25)22-14-17(19(15-22)6-11-26-12-7-19)18(23)21-10-5-16-3-8-20-9-4-16/h3-4,8-9,17H,2,5-7,10-15H2,1H3,(H,21,23)/t17-/m1/s1.